The molecule has 1 heterocycles. The average Bonchev–Trinajstić information content (AvgIpc) is 2.44. The molecule has 4 unspecified atom stereocenters. The van der Waals surface area contributed by atoms with Gasteiger partial charge in [0.05, 0.1) is 12.6 Å². The molecule has 4 nitrogen and oxygen atoms in total. The summed E-state index contributed by atoms with van der Waals surface area (Å²) >= 11 is 0. The van der Waals surface area contributed by atoms with Crippen LogP contribution in [0.3, 0.4) is 0 Å². The third kappa shape index (κ3) is 4.68. The summed E-state index contributed by atoms with van der Waals surface area (Å²) in [5.74, 6) is 1.88. The fraction of sp³-hybridized carbons (Fsp3) is 0.941. The molecule has 122 valence electrons. The molecule has 1 saturated carbocycles. The second-order valence-corrected chi connectivity index (χ2v) is 7.30. The number of aliphatic hydroxyl groups is 1. The number of nitrogens with zero attached hydrogens (tertiary/aromatic N) is 1. The fourth-order valence-corrected chi connectivity index (χ4v) is 3.83. The molecule has 0 spiro atoms. The van der Waals surface area contributed by atoms with Crippen LogP contribution in [0.5, 0.6) is 0 Å². The Balaban J connectivity index is 1.72. The molecule has 2 aliphatic rings. The Hall–Kier alpha value is -0.610. The van der Waals surface area contributed by atoms with E-state index in [4.69, 9.17) is 0 Å². The SMILES string of the molecule is CC(O)C1CCN(CC(=O)NC2CCCC(C)C2C)CC1. The minimum Gasteiger partial charge on any atom is -0.393 e. The Morgan fingerprint density at radius 1 is 1.24 bits per heavy atom. The Morgan fingerprint density at radius 2 is 1.90 bits per heavy atom. The van der Waals surface area contributed by atoms with Gasteiger partial charge in [0.1, 0.15) is 0 Å². The van der Waals surface area contributed by atoms with Gasteiger partial charge in [-0.25, -0.2) is 0 Å². The van der Waals surface area contributed by atoms with Crippen molar-refractivity contribution in [3.63, 3.8) is 0 Å². The lowest BCUT2D eigenvalue weighted by molar-refractivity contribution is -0.124. The molecule has 4 heteroatoms. The molecule has 2 N–H and O–H groups in total. The predicted octanol–water partition coefficient (Wildman–Crippen LogP) is 2.02. The highest BCUT2D eigenvalue weighted by molar-refractivity contribution is 5.78. The summed E-state index contributed by atoms with van der Waals surface area (Å²) < 4.78 is 0. The molecule has 4 atom stereocenters. The van der Waals surface area contributed by atoms with Crippen molar-refractivity contribution in [2.24, 2.45) is 17.8 Å². The first kappa shape index (κ1) is 16.8. The Kier molecular flexibility index (Phi) is 6.06. The number of nitrogens with one attached hydrogen (secondary N) is 1. The van der Waals surface area contributed by atoms with Gasteiger partial charge in [0.15, 0.2) is 0 Å². The van der Waals surface area contributed by atoms with Gasteiger partial charge in [0.25, 0.3) is 0 Å². The monoisotopic (exact) mass is 296 g/mol. The maximum Gasteiger partial charge on any atom is 0.234 e. The van der Waals surface area contributed by atoms with Crippen molar-refractivity contribution in [1.29, 1.82) is 0 Å². The lowest BCUT2D eigenvalue weighted by atomic mass is 9.78. The highest BCUT2D eigenvalue weighted by atomic mass is 16.3. The first-order valence-corrected chi connectivity index (χ1v) is 8.67. The topological polar surface area (TPSA) is 52.6 Å². The van der Waals surface area contributed by atoms with Gasteiger partial charge >= 0.3 is 0 Å². The van der Waals surface area contributed by atoms with E-state index >= 15 is 0 Å². The number of piperidine rings is 1. The quantitative estimate of drug-likeness (QED) is 0.834. The van der Waals surface area contributed by atoms with Crippen LogP contribution in [0.4, 0.5) is 0 Å². The number of hydrogen-bond donors (Lipinski definition) is 2. The number of hydrogen-bond acceptors (Lipinski definition) is 3. The number of likely N-dealkylation sites (tertiary alicyclic amines) is 1. The van der Waals surface area contributed by atoms with E-state index in [2.05, 4.69) is 24.1 Å². The average molecular weight is 296 g/mol. The van der Waals surface area contributed by atoms with Crippen LogP contribution < -0.4 is 5.32 Å². The fourth-order valence-electron chi connectivity index (χ4n) is 3.83. The van der Waals surface area contributed by atoms with Crippen LogP contribution in [0.2, 0.25) is 0 Å². The summed E-state index contributed by atoms with van der Waals surface area (Å²) in [5.41, 5.74) is 0. The van der Waals surface area contributed by atoms with Gasteiger partial charge in [0, 0.05) is 6.04 Å². The van der Waals surface area contributed by atoms with Gasteiger partial charge in [-0.15, -0.1) is 0 Å². The van der Waals surface area contributed by atoms with Crippen molar-refractivity contribution < 1.29 is 9.90 Å². The standard InChI is InChI=1S/C17H32N2O2/c1-12-5-4-6-16(13(12)2)18-17(21)11-19-9-7-15(8-10-19)14(3)20/h12-16,20H,4-11H2,1-3H3,(H,18,21). The first-order chi connectivity index (χ1) is 9.97. The largest absolute Gasteiger partial charge is 0.393 e. The normalized spacial score (nSPS) is 33.6. The van der Waals surface area contributed by atoms with E-state index < -0.39 is 0 Å². The predicted molar refractivity (Wildman–Crippen MR) is 85.0 cm³/mol. The van der Waals surface area contributed by atoms with Gasteiger partial charge in [0.2, 0.25) is 5.91 Å². The third-order valence-electron chi connectivity index (χ3n) is 5.73. The second kappa shape index (κ2) is 7.59. The van der Waals surface area contributed by atoms with Crippen molar-refractivity contribution in [2.45, 2.75) is 65.0 Å². The summed E-state index contributed by atoms with van der Waals surface area (Å²) in [5, 5.41) is 12.9. The Labute approximate surface area is 129 Å². The number of aliphatic hydroxyl groups excluding tert-OH is 1. The van der Waals surface area contributed by atoms with Crippen molar-refractivity contribution in [3.05, 3.63) is 0 Å². The molecule has 0 aromatic heterocycles. The van der Waals surface area contributed by atoms with Crippen LogP contribution in [0.1, 0.15) is 52.9 Å². The van der Waals surface area contributed by atoms with E-state index in [9.17, 15) is 9.90 Å². The van der Waals surface area contributed by atoms with Gasteiger partial charge in [-0.1, -0.05) is 26.7 Å². The molecular formula is C17H32N2O2. The Bertz CT molecular complexity index is 338. The molecule has 0 radical (unpaired) electrons. The zero-order chi connectivity index (χ0) is 15.4. The minimum atomic E-state index is -0.217. The number of amides is 1. The highest BCUT2D eigenvalue weighted by Crippen LogP contribution is 2.29. The Morgan fingerprint density at radius 3 is 2.52 bits per heavy atom. The van der Waals surface area contributed by atoms with Crippen LogP contribution in [0, 0.1) is 17.8 Å². The summed E-state index contributed by atoms with van der Waals surface area (Å²) in [6.45, 7) is 8.81. The number of carbonyl (C=O) groups is 1. The van der Waals surface area contributed by atoms with Crippen molar-refractivity contribution in [1.82, 2.24) is 10.2 Å². The maximum absolute atomic E-state index is 12.2. The zero-order valence-electron chi connectivity index (χ0n) is 13.8. The van der Waals surface area contributed by atoms with Gasteiger partial charge in [-0.3, -0.25) is 9.69 Å². The molecule has 1 amide bonds. The molecule has 1 aliphatic carbocycles. The molecule has 21 heavy (non-hydrogen) atoms. The second-order valence-electron chi connectivity index (χ2n) is 7.30. The van der Waals surface area contributed by atoms with Gasteiger partial charge < -0.3 is 10.4 Å². The van der Waals surface area contributed by atoms with Crippen LogP contribution in [-0.4, -0.2) is 47.7 Å². The smallest absolute Gasteiger partial charge is 0.234 e. The first-order valence-electron chi connectivity index (χ1n) is 8.67. The van der Waals surface area contributed by atoms with E-state index in [0.29, 0.717) is 30.3 Å². The number of rotatable bonds is 4. The molecule has 0 aromatic carbocycles. The molecular weight excluding hydrogens is 264 g/mol. The van der Waals surface area contributed by atoms with E-state index in [0.717, 1.165) is 32.4 Å². The van der Waals surface area contributed by atoms with E-state index in [1.54, 1.807) is 0 Å². The van der Waals surface area contributed by atoms with Crippen molar-refractivity contribution in [2.75, 3.05) is 19.6 Å². The number of carbonyl (C=O) groups excluding carboxylic acids is 1. The lowest BCUT2D eigenvalue weighted by Gasteiger charge is -2.36. The van der Waals surface area contributed by atoms with Gasteiger partial charge in [-0.2, -0.15) is 0 Å². The van der Waals surface area contributed by atoms with Crippen molar-refractivity contribution in [3.8, 4) is 0 Å². The zero-order valence-corrected chi connectivity index (χ0v) is 13.8. The summed E-state index contributed by atoms with van der Waals surface area (Å²) in [7, 11) is 0. The summed E-state index contributed by atoms with van der Waals surface area (Å²) in [6.07, 6.45) is 5.44. The van der Waals surface area contributed by atoms with Crippen LogP contribution >= 0.6 is 0 Å². The molecule has 0 aromatic rings. The lowest BCUT2D eigenvalue weighted by Crippen LogP contribution is -2.48. The van der Waals surface area contributed by atoms with E-state index in [-0.39, 0.29) is 12.0 Å². The van der Waals surface area contributed by atoms with Crippen molar-refractivity contribution >= 4 is 5.91 Å². The highest BCUT2D eigenvalue weighted by Gasteiger charge is 2.29. The molecule has 2 rings (SSSR count). The van der Waals surface area contributed by atoms with Crippen LogP contribution in [0.25, 0.3) is 0 Å². The molecule has 1 saturated heterocycles. The molecule has 2 fully saturated rings. The van der Waals surface area contributed by atoms with E-state index in [1.165, 1.54) is 12.8 Å². The van der Waals surface area contributed by atoms with E-state index in [1.807, 2.05) is 6.92 Å². The van der Waals surface area contributed by atoms with Crippen LogP contribution in [0.15, 0.2) is 0 Å². The van der Waals surface area contributed by atoms with Gasteiger partial charge in [-0.05, 0) is 57.0 Å². The molecule has 0 bridgehead atoms. The maximum atomic E-state index is 12.2. The summed E-state index contributed by atoms with van der Waals surface area (Å²) in [6, 6.07) is 0.358. The molecule has 1 aliphatic heterocycles. The van der Waals surface area contributed by atoms with Crippen LogP contribution in [-0.2, 0) is 4.79 Å². The third-order valence-corrected chi connectivity index (χ3v) is 5.73. The minimum absolute atomic E-state index is 0.177. The summed E-state index contributed by atoms with van der Waals surface area (Å²) in [4.78, 5) is 14.5.